The molecule has 0 aromatic heterocycles. The summed E-state index contributed by atoms with van der Waals surface area (Å²) < 4.78 is 5.28. The zero-order valence-electron chi connectivity index (χ0n) is 10.8. The van der Waals surface area contributed by atoms with Crippen molar-refractivity contribution in [2.45, 2.75) is 45.8 Å². The van der Waals surface area contributed by atoms with Gasteiger partial charge in [-0.3, -0.25) is 4.79 Å². The maximum Gasteiger partial charge on any atom is 0.410 e. The number of terminal acetylenes is 1. The molecule has 1 fully saturated rings. The molecule has 94 valence electrons. The zero-order chi connectivity index (χ0) is 13.2. The number of carbonyl (C=O) groups excluding carboxylic acids is 2. The summed E-state index contributed by atoms with van der Waals surface area (Å²) in [4.78, 5) is 24.9. The average molecular weight is 237 g/mol. The van der Waals surface area contributed by atoms with E-state index in [1.807, 2.05) is 27.7 Å². The fourth-order valence-corrected chi connectivity index (χ4v) is 1.98. The van der Waals surface area contributed by atoms with Crippen molar-refractivity contribution in [2.24, 2.45) is 5.92 Å². The number of hydrogen-bond donors (Lipinski definition) is 0. The van der Waals surface area contributed by atoms with Gasteiger partial charge in [-0.15, -0.1) is 6.42 Å². The lowest BCUT2D eigenvalue weighted by Gasteiger charge is -2.27. The molecule has 1 saturated heterocycles. The van der Waals surface area contributed by atoms with Crippen LogP contribution in [0.4, 0.5) is 4.79 Å². The van der Waals surface area contributed by atoms with Crippen LogP contribution in [0.3, 0.4) is 0 Å². The Bertz CT molecular complexity index is 362. The normalized spacial score (nSPS) is 24.3. The largest absolute Gasteiger partial charge is 0.444 e. The number of hydrogen-bond acceptors (Lipinski definition) is 3. The van der Waals surface area contributed by atoms with Gasteiger partial charge in [0.05, 0.1) is 5.92 Å². The monoisotopic (exact) mass is 237 g/mol. The van der Waals surface area contributed by atoms with Gasteiger partial charge in [-0.25, -0.2) is 4.79 Å². The summed E-state index contributed by atoms with van der Waals surface area (Å²) in [6.45, 7) is 7.80. The third-order valence-corrected chi connectivity index (χ3v) is 2.86. The molecule has 0 aromatic carbocycles. The molecule has 2 unspecified atom stereocenters. The Morgan fingerprint density at radius 1 is 1.41 bits per heavy atom. The van der Waals surface area contributed by atoms with Crippen LogP contribution in [-0.2, 0) is 9.53 Å². The van der Waals surface area contributed by atoms with Gasteiger partial charge < -0.3 is 9.64 Å². The van der Waals surface area contributed by atoms with Crippen LogP contribution in [0.15, 0.2) is 0 Å². The van der Waals surface area contributed by atoms with Crippen molar-refractivity contribution in [1.29, 1.82) is 0 Å². The highest BCUT2D eigenvalue weighted by molar-refractivity contribution is 5.97. The molecule has 1 amide bonds. The van der Waals surface area contributed by atoms with E-state index in [2.05, 4.69) is 5.92 Å². The molecule has 1 rings (SSSR count). The molecule has 0 bridgehead atoms. The lowest BCUT2D eigenvalue weighted by Crippen LogP contribution is -2.40. The first-order valence-electron chi connectivity index (χ1n) is 5.76. The second kappa shape index (κ2) is 4.79. The van der Waals surface area contributed by atoms with Crippen LogP contribution in [0.2, 0.25) is 0 Å². The van der Waals surface area contributed by atoms with Gasteiger partial charge in [0.15, 0.2) is 0 Å². The van der Waals surface area contributed by atoms with Crippen molar-refractivity contribution >= 4 is 11.9 Å². The summed E-state index contributed by atoms with van der Waals surface area (Å²) in [5.41, 5.74) is -0.523. The fourth-order valence-electron chi connectivity index (χ4n) is 1.98. The van der Waals surface area contributed by atoms with Gasteiger partial charge in [0.25, 0.3) is 0 Å². The smallest absolute Gasteiger partial charge is 0.410 e. The molecule has 2 atom stereocenters. The van der Waals surface area contributed by atoms with E-state index in [1.165, 1.54) is 0 Å². The number of likely N-dealkylation sites (tertiary alicyclic amines) is 1. The predicted molar refractivity (Wildman–Crippen MR) is 64.3 cm³/mol. The van der Waals surface area contributed by atoms with Crippen molar-refractivity contribution in [3.8, 4) is 12.3 Å². The summed E-state index contributed by atoms with van der Waals surface area (Å²) >= 11 is 0. The molecule has 0 N–H and O–H groups in total. The summed E-state index contributed by atoms with van der Waals surface area (Å²) in [6, 6.07) is -0.187. The van der Waals surface area contributed by atoms with E-state index < -0.39 is 5.60 Å². The lowest BCUT2D eigenvalue weighted by molar-refractivity contribution is -0.117. The van der Waals surface area contributed by atoms with E-state index in [9.17, 15) is 9.59 Å². The van der Waals surface area contributed by atoms with Crippen LogP contribution in [0.25, 0.3) is 0 Å². The minimum atomic E-state index is -0.523. The Balaban J connectivity index is 2.68. The SMILES string of the molecule is C#CC(=O)C1CCN(C(=O)OC(C)(C)C)C1C. The minimum Gasteiger partial charge on any atom is -0.444 e. The molecule has 4 nitrogen and oxygen atoms in total. The highest BCUT2D eigenvalue weighted by atomic mass is 16.6. The first kappa shape index (κ1) is 13.6. The minimum absolute atomic E-state index is 0.187. The van der Waals surface area contributed by atoms with Gasteiger partial charge in [-0.2, -0.15) is 0 Å². The second-order valence-corrected chi connectivity index (χ2v) is 5.32. The van der Waals surface area contributed by atoms with Gasteiger partial charge in [0.2, 0.25) is 5.78 Å². The third-order valence-electron chi connectivity index (χ3n) is 2.86. The van der Waals surface area contributed by atoms with Gasteiger partial charge in [0.1, 0.15) is 5.60 Å². The summed E-state index contributed by atoms with van der Waals surface area (Å²) in [6.07, 6.45) is 5.34. The number of ether oxygens (including phenoxy) is 1. The molecule has 0 radical (unpaired) electrons. The van der Waals surface area contributed by atoms with Crippen molar-refractivity contribution in [3.05, 3.63) is 0 Å². The van der Waals surface area contributed by atoms with Crippen LogP contribution >= 0.6 is 0 Å². The lowest BCUT2D eigenvalue weighted by atomic mass is 9.97. The molecule has 0 aliphatic carbocycles. The van der Waals surface area contributed by atoms with E-state index in [0.717, 1.165) is 0 Å². The van der Waals surface area contributed by atoms with Crippen LogP contribution in [-0.4, -0.2) is 35.0 Å². The van der Waals surface area contributed by atoms with E-state index in [1.54, 1.807) is 4.90 Å². The standard InChI is InChI=1S/C13H19NO3/c1-6-11(15)10-7-8-14(9(10)2)12(16)17-13(3,4)5/h1,9-10H,7-8H2,2-5H3. The van der Waals surface area contributed by atoms with Crippen LogP contribution in [0.1, 0.15) is 34.1 Å². The Morgan fingerprint density at radius 2 is 2.00 bits per heavy atom. The maximum atomic E-state index is 11.9. The molecule has 0 aromatic rings. The Morgan fingerprint density at radius 3 is 2.47 bits per heavy atom. The highest BCUT2D eigenvalue weighted by Crippen LogP contribution is 2.26. The third kappa shape index (κ3) is 3.23. The van der Waals surface area contributed by atoms with E-state index in [-0.39, 0.29) is 23.8 Å². The van der Waals surface area contributed by atoms with Crippen molar-refractivity contribution in [3.63, 3.8) is 0 Å². The molecular formula is C13H19NO3. The van der Waals surface area contributed by atoms with E-state index >= 15 is 0 Å². The Labute approximate surface area is 102 Å². The van der Waals surface area contributed by atoms with Crippen LogP contribution < -0.4 is 0 Å². The number of amides is 1. The summed E-state index contributed by atoms with van der Waals surface area (Å²) in [7, 11) is 0. The van der Waals surface area contributed by atoms with Crippen molar-refractivity contribution in [1.82, 2.24) is 4.90 Å². The second-order valence-electron chi connectivity index (χ2n) is 5.32. The molecular weight excluding hydrogens is 218 g/mol. The average Bonchev–Trinajstić information content (AvgIpc) is 2.56. The molecule has 0 spiro atoms. The van der Waals surface area contributed by atoms with Crippen LogP contribution in [0, 0.1) is 18.3 Å². The van der Waals surface area contributed by atoms with E-state index in [0.29, 0.717) is 13.0 Å². The number of rotatable bonds is 1. The summed E-state index contributed by atoms with van der Waals surface area (Å²) in [5.74, 6) is 1.64. The molecule has 4 heteroatoms. The fraction of sp³-hybridized carbons (Fsp3) is 0.692. The Kier molecular flexibility index (Phi) is 3.82. The quantitative estimate of drug-likeness (QED) is 0.516. The number of ketones is 1. The maximum absolute atomic E-state index is 11.9. The molecule has 1 aliphatic heterocycles. The molecule has 17 heavy (non-hydrogen) atoms. The first-order chi connectivity index (χ1) is 7.76. The highest BCUT2D eigenvalue weighted by Gasteiger charge is 2.39. The topological polar surface area (TPSA) is 46.6 Å². The number of carbonyl (C=O) groups is 2. The van der Waals surface area contributed by atoms with Gasteiger partial charge in [0, 0.05) is 12.6 Å². The number of Topliss-reactive ketones (excluding diaryl/α,β-unsaturated/α-hetero) is 1. The molecule has 0 saturated carbocycles. The zero-order valence-corrected chi connectivity index (χ0v) is 10.8. The Hall–Kier alpha value is -1.50. The molecule has 1 heterocycles. The van der Waals surface area contributed by atoms with Gasteiger partial charge in [-0.05, 0) is 40.0 Å². The number of nitrogens with zero attached hydrogens (tertiary/aromatic N) is 1. The van der Waals surface area contributed by atoms with E-state index in [4.69, 9.17) is 11.2 Å². The van der Waals surface area contributed by atoms with Gasteiger partial charge >= 0.3 is 6.09 Å². The van der Waals surface area contributed by atoms with Crippen LogP contribution in [0.5, 0.6) is 0 Å². The van der Waals surface area contributed by atoms with Gasteiger partial charge in [-0.1, -0.05) is 0 Å². The first-order valence-corrected chi connectivity index (χ1v) is 5.76. The van der Waals surface area contributed by atoms with Crippen molar-refractivity contribution in [2.75, 3.05) is 6.54 Å². The summed E-state index contributed by atoms with van der Waals surface area (Å²) in [5, 5.41) is 0. The molecule has 1 aliphatic rings. The van der Waals surface area contributed by atoms with Crippen molar-refractivity contribution < 1.29 is 14.3 Å². The predicted octanol–water partition coefficient (Wildman–Crippen LogP) is 1.83.